The van der Waals surface area contributed by atoms with Crippen molar-refractivity contribution in [1.29, 1.82) is 0 Å². The van der Waals surface area contributed by atoms with Crippen LogP contribution in [0.4, 0.5) is 0 Å². The summed E-state index contributed by atoms with van der Waals surface area (Å²) in [6.07, 6.45) is 0.433. The number of rotatable bonds is 7. The van der Waals surface area contributed by atoms with E-state index in [1.165, 1.54) is 0 Å². The van der Waals surface area contributed by atoms with Crippen molar-refractivity contribution in [2.45, 2.75) is 12.5 Å². The van der Waals surface area contributed by atoms with E-state index in [4.69, 9.17) is 27.9 Å². The van der Waals surface area contributed by atoms with Gasteiger partial charge < -0.3 is 9.29 Å². The van der Waals surface area contributed by atoms with Gasteiger partial charge in [-0.15, -0.1) is 0 Å². The van der Waals surface area contributed by atoms with Crippen molar-refractivity contribution in [3.63, 3.8) is 0 Å². The van der Waals surface area contributed by atoms with Crippen molar-refractivity contribution in [2.24, 2.45) is 0 Å². The highest BCUT2D eigenvalue weighted by atomic mass is 35.5. The molecule has 1 atom stereocenters. The van der Waals surface area contributed by atoms with Crippen LogP contribution in [-0.2, 0) is 17.5 Å². The molecule has 32 heavy (non-hydrogen) atoms. The van der Waals surface area contributed by atoms with Crippen LogP contribution in [0.3, 0.4) is 0 Å². The van der Waals surface area contributed by atoms with Gasteiger partial charge in [0.2, 0.25) is 0 Å². The molecule has 1 saturated heterocycles. The minimum Gasteiger partial charge on any atom is -0.497 e. The van der Waals surface area contributed by atoms with Crippen molar-refractivity contribution in [3.8, 4) is 5.75 Å². The lowest BCUT2D eigenvalue weighted by Crippen LogP contribution is -2.44. The van der Waals surface area contributed by atoms with E-state index < -0.39 is 11.1 Å². The Balaban J connectivity index is 1.59. The second kappa shape index (κ2) is 10.2. The third-order valence-corrected chi connectivity index (χ3v) is 7.01. The Labute approximate surface area is 200 Å². The molecule has 0 aromatic heterocycles. The van der Waals surface area contributed by atoms with Crippen LogP contribution in [-0.4, -0.2) is 33.9 Å². The summed E-state index contributed by atoms with van der Waals surface area (Å²) < 4.78 is 27.3. The molecule has 0 spiro atoms. The number of halogens is 2. The molecule has 3 aromatic carbocycles. The highest BCUT2D eigenvalue weighted by Gasteiger charge is 2.33. The summed E-state index contributed by atoms with van der Waals surface area (Å²) in [5.41, 5.74) is 4.19. The van der Waals surface area contributed by atoms with E-state index in [9.17, 15) is 8.76 Å². The molecule has 3 aromatic rings. The lowest BCUT2D eigenvalue weighted by Gasteiger charge is -2.42. The van der Waals surface area contributed by atoms with E-state index in [-0.39, 0.29) is 6.04 Å². The van der Waals surface area contributed by atoms with E-state index in [0.717, 1.165) is 28.0 Å². The summed E-state index contributed by atoms with van der Waals surface area (Å²) in [6, 6.07) is 23.2. The molecular weight excluding hydrogens is 465 g/mol. The first-order valence-corrected chi connectivity index (χ1v) is 12.0. The van der Waals surface area contributed by atoms with E-state index in [1.807, 2.05) is 72.8 Å². The average Bonchev–Trinajstić information content (AvgIpc) is 2.77. The maximum absolute atomic E-state index is 12.1. The Kier molecular flexibility index (Phi) is 7.33. The van der Waals surface area contributed by atoms with Crippen molar-refractivity contribution in [3.05, 3.63) is 110 Å². The molecule has 0 amide bonds. The fourth-order valence-corrected chi connectivity index (χ4v) is 4.86. The predicted molar refractivity (Wildman–Crippen MR) is 131 cm³/mol. The summed E-state index contributed by atoms with van der Waals surface area (Å²) >= 11 is 10.2. The van der Waals surface area contributed by atoms with Crippen LogP contribution in [0.1, 0.15) is 22.7 Å². The van der Waals surface area contributed by atoms with Gasteiger partial charge in [-0.3, -0.25) is 4.90 Å². The molecule has 4 rings (SSSR count). The van der Waals surface area contributed by atoms with Crippen LogP contribution < -0.4 is 4.74 Å². The molecule has 1 aliphatic rings. The van der Waals surface area contributed by atoms with Crippen molar-refractivity contribution in [2.75, 3.05) is 20.2 Å². The molecule has 0 bridgehead atoms. The fraction of sp³-hybridized carbons (Fsp3) is 0.200. The molecule has 1 heterocycles. The summed E-state index contributed by atoms with van der Waals surface area (Å²) in [4.78, 5) is 2.85. The first kappa shape index (κ1) is 23.0. The van der Waals surface area contributed by atoms with Gasteiger partial charge in [-0.25, -0.2) is 4.21 Å². The number of hydrogen-bond acceptors (Lipinski definition) is 3. The Hall–Kier alpha value is -2.15. The Morgan fingerprint density at radius 1 is 0.938 bits per heavy atom. The topological polar surface area (TPSA) is 49.8 Å². The second-order valence-corrected chi connectivity index (χ2v) is 9.58. The van der Waals surface area contributed by atoms with Crippen LogP contribution >= 0.6 is 23.2 Å². The summed E-state index contributed by atoms with van der Waals surface area (Å²) in [5.74, 6) is 0.761. The molecular formula is C25H23Cl2NO3S. The minimum absolute atomic E-state index is 0.00245. The molecule has 7 heteroatoms. The molecule has 1 unspecified atom stereocenters. The van der Waals surface area contributed by atoms with Gasteiger partial charge in [0.15, 0.2) is 11.1 Å². The van der Waals surface area contributed by atoms with Crippen molar-refractivity contribution < 1.29 is 13.5 Å². The smallest absolute Gasteiger partial charge is 0.182 e. The van der Waals surface area contributed by atoms with Crippen molar-refractivity contribution >= 4 is 34.3 Å². The number of allylic oxidation sites excluding steroid dienone is 1. The van der Waals surface area contributed by atoms with Gasteiger partial charge in [-0.05, 0) is 58.7 Å². The van der Waals surface area contributed by atoms with E-state index in [2.05, 4.69) is 4.90 Å². The maximum Gasteiger partial charge on any atom is 0.182 e. The van der Waals surface area contributed by atoms with E-state index >= 15 is 0 Å². The van der Waals surface area contributed by atoms with Gasteiger partial charge in [-0.1, -0.05) is 59.6 Å². The number of nitrogens with zero attached hydrogens (tertiary/aromatic N) is 1. The number of ether oxygens (including phenoxy) is 1. The zero-order valence-electron chi connectivity index (χ0n) is 17.5. The molecule has 166 valence electrons. The molecule has 0 aliphatic carbocycles. The molecule has 0 radical (unpaired) electrons. The second-order valence-electron chi connectivity index (χ2n) is 7.71. The third-order valence-electron chi connectivity index (χ3n) is 5.65. The Morgan fingerprint density at radius 2 is 1.44 bits per heavy atom. The molecule has 0 saturated carbocycles. The first-order chi connectivity index (χ1) is 15.4. The Morgan fingerprint density at radius 3 is 1.88 bits per heavy atom. The number of benzene rings is 3. The first-order valence-electron chi connectivity index (χ1n) is 10.1. The molecule has 1 fully saturated rings. The monoisotopic (exact) mass is 487 g/mol. The van der Waals surface area contributed by atoms with Crippen LogP contribution in [0, 0.1) is 0 Å². The quantitative estimate of drug-likeness (QED) is 0.407. The largest absolute Gasteiger partial charge is 0.497 e. The number of hydrogen-bond donors (Lipinski definition) is 1. The maximum atomic E-state index is 12.1. The summed E-state index contributed by atoms with van der Waals surface area (Å²) in [5, 5.41) is 1.37. The normalized spacial score (nSPS) is 14.8. The van der Waals surface area contributed by atoms with Gasteiger partial charge in [0.25, 0.3) is 0 Å². The zero-order valence-corrected chi connectivity index (χ0v) is 19.8. The van der Waals surface area contributed by atoms with E-state index in [0.29, 0.717) is 34.5 Å². The summed E-state index contributed by atoms with van der Waals surface area (Å²) in [7, 11) is 1.62. The standard InChI is InChI=1S/C25H23Cl2NO3S/c1-31-23-12-2-17(3-13-23)14-24(32(29)30)20-15-28(16-20)25(18-4-8-21(26)9-5-18)19-6-10-22(27)11-7-19/h2-13,25H,14-16H2,1H3,(H,29,30). The third kappa shape index (κ3) is 5.25. The van der Waals surface area contributed by atoms with Gasteiger partial charge >= 0.3 is 0 Å². The molecule has 1 N–H and O–H groups in total. The van der Waals surface area contributed by atoms with Gasteiger partial charge in [-0.2, -0.15) is 0 Å². The molecule has 1 aliphatic heterocycles. The number of methoxy groups -OCH3 is 1. The van der Waals surface area contributed by atoms with Gasteiger partial charge in [0, 0.05) is 29.6 Å². The number of likely N-dealkylation sites (tertiary alicyclic amines) is 1. The SMILES string of the molecule is COc1ccc(CC(=C2CN(C(c3ccc(Cl)cc3)c3ccc(Cl)cc3)C2)S(=O)O)cc1. The molecule has 4 nitrogen and oxygen atoms in total. The Bertz CT molecular complexity index is 1080. The van der Waals surface area contributed by atoms with Gasteiger partial charge in [0.1, 0.15) is 5.75 Å². The summed E-state index contributed by atoms with van der Waals surface area (Å²) in [6.45, 7) is 1.24. The lowest BCUT2D eigenvalue weighted by atomic mass is 9.92. The zero-order chi connectivity index (χ0) is 22.7. The van der Waals surface area contributed by atoms with Crippen molar-refractivity contribution in [1.82, 2.24) is 4.90 Å². The van der Waals surface area contributed by atoms with Gasteiger partial charge in [0.05, 0.1) is 18.1 Å². The average molecular weight is 488 g/mol. The van der Waals surface area contributed by atoms with Crippen LogP contribution in [0.2, 0.25) is 10.0 Å². The van der Waals surface area contributed by atoms with Crippen LogP contribution in [0.25, 0.3) is 0 Å². The minimum atomic E-state index is -2.03. The fourth-order valence-electron chi connectivity index (χ4n) is 3.95. The predicted octanol–water partition coefficient (Wildman–Crippen LogP) is 6.13. The lowest BCUT2D eigenvalue weighted by molar-refractivity contribution is 0.200. The highest BCUT2D eigenvalue weighted by molar-refractivity contribution is 7.83. The van der Waals surface area contributed by atoms with Crippen LogP contribution in [0.15, 0.2) is 83.3 Å². The van der Waals surface area contributed by atoms with E-state index in [1.54, 1.807) is 7.11 Å². The highest BCUT2D eigenvalue weighted by Crippen LogP contribution is 2.36. The van der Waals surface area contributed by atoms with Crippen LogP contribution in [0.5, 0.6) is 5.75 Å².